The summed E-state index contributed by atoms with van der Waals surface area (Å²) in [5, 5.41) is 2.68. The second-order valence-corrected chi connectivity index (χ2v) is 9.37. The van der Waals surface area contributed by atoms with E-state index in [9.17, 15) is 9.36 Å². The average molecular weight is 367 g/mol. The maximum atomic E-state index is 13.4. The van der Waals surface area contributed by atoms with E-state index in [0.717, 1.165) is 0 Å². The molecule has 8 heteroatoms. The Morgan fingerprint density at radius 2 is 1.54 bits per heavy atom. The lowest BCUT2D eigenvalue weighted by atomic mass is 10.2. The van der Waals surface area contributed by atoms with E-state index in [1.165, 1.54) is 0 Å². The Labute approximate surface area is 146 Å². The topological polar surface area (TPSA) is 83.1 Å². The number of hydrogen-bond acceptors (Lipinski definition) is 6. The van der Waals surface area contributed by atoms with E-state index < -0.39 is 30.6 Å². The first-order valence-electron chi connectivity index (χ1n) is 8.44. The predicted octanol–water partition coefficient (Wildman–Crippen LogP) is 3.96. The molecule has 0 saturated carbocycles. The zero-order chi connectivity index (χ0) is 19.0. The zero-order valence-electron chi connectivity index (χ0n) is 16.3. The summed E-state index contributed by atoms with van der Waals surface area (Å²) in [5.74, 6) is 0. The van der Waals surface area contributed by atoms with Crippen molar-refractivity contribution >= 4 is 13.5 Å². The lowest BCUT2D eigenvalue weighted by Crippen LogP contribution is -2.42. The van der Waals surface area contributed by atoms with E-state index in [0.29, 0.717) is 13.2 Å². The van der Waals surface area contributed by atoms with Gasteiger partial charge in [-0.1, -0.05) is 0 Å². The fourth-order valence-electron chi connectivity index (χ4n) is 2.23. The molecule has 1 N–H and O–H groups in total. The lowest BCUT2D eigenvalue weighted by molar-refractivity contribution is -0.168. The molecule has 0 spiro atoms. The highest BCUT2D eigenvalue weighted by Crippen LogP contribution is 2.60. The fourth-order valence-corrected chi connectivity index (χ4v) is 4.79. The molecule has 0 heterocycles. The number of rotatable bonds is 10. The Hall–Kier alpha value is -0.620. The molecule has 0 aliphatic heterocycles. The molecule has 0 aromatic rings. The molecule has 0 aromatic heterocycles. The molecule has 0 aliphatic rings. The Morgan fingerprint density at radius 3 is 1.92 bits per heavy atom. The van der Waals surface area contributed by atoms with Crippen LogP contribution in [-0.2, 0) is 23.3 Å². The predicted molar refractivity (Wildman–Crippen MR) is 94.6 cm³/mol. The van der Waals surface area contributed by atoms with Crippen LogP contribution < -0.4 is 5.32 Å². The summed E-state index contributed by atoms with van der Waals surface area (Å²) in [6, 6.07) is -0.433. The molecule has 0 aromatic carbocycles. The first kappa shape index (κ1) is 23.4. The van der Waals surface area contributed by atoms with E-state index in [-0.39, 0.29) is 12.8 Å². The molecule has 0 bridgehead atoms. The molecular weight excluding hydrogens is 333 g/mol. The monoisotopic (exact) mass is 367 g/mol. The second-order valence-electron chi connectivity index (χ2n) is 6.58. The number of amides is 1. The van der Waals surface area contributed by atoms with Gasteiger partial charge in [0, 0.05) is 25.4 Å². The summed E-state index contributed by atoms with van der Waals surface area (Å²) in [4.78, 5) is 11.9. The van der Waals surface area contributed by atoms with Gasteiger partial charge in [0.15, 0.2) is 0 Å². The van der Waals surface area contributed by atoms with Crippen molar-refractivity contribution in [3.8, 4) is 0 Å². The number of carbonyl (C=O) groups excluding carboxylic acids is 1. The van der Waals surface area contributed by atoms with Gasteiger partial charge in [0.1, 0.15) is 5.60 Å². The zero-order valence-corrected chi connectivity index (χ0v) is 17.2. The summed E-state index contributed by atoms with van der Waals surface area (Å²) < 4.78 is 35.5. The Morgan fingerprint density at radius 1 is 1.04 bits per heavy atom. The van der Waals surface area contributed by atoms with Crippen molar-refractivity contribution in [2.24, 2.45) is 0 Å². The normalized spacial score (nSPS) is 16.3. The van der Waals surface area contributed by atoms with Crippen LogP contribution in [0.5, 0.6) is 0 Å². The van der Waals surface area contributed by atoms with Gasteiger partial charge in [0.05, 0.1) is 6.61 Å². The van der Waals surface area contributed by atoms with E-state index in [2.05, 4.69) is 5.32 Å². The van der Waals surface area contributed by atoms with Gasteiger partial charge < -0.3 is 24.1 Å². The third-order valence-corrected chi connectivity index (χ3v) is 6.26. The van der Waals surface area contributed by atoms with Gasteiger partial charge in [0.25, 0.3) is 7.37 Å². The molecule has 1 unspecified atom stereocenters. The molecule has 0 aliphatic carbocycles. The van der Waals surface area contributed by atoms with Crippen LogP contribution in [0.2, 0.25) is 0 Å². The highest BCUT2D eigenvalue weighted by molar-refractivity contribution is 7.60. The van der Waals surface area contributed by atoms with Crippen molar-refractivity contribution in [1.82, 2.24) is 5.32 Å². The summed E-state index contributed by atoms with van der Waals surface area (Å²) in [6.45, 7) is 15.0. The Balaban J connectivity index is 5.16. The minimum absolute atomic E-state index is 0.0799. The third-order valence-electron chi connectivity index (χ3n) is 3.06. The van der Waals surface area contributed by atoms with Gasteiger partial charge in [-0.25, -0.2) is 4.79 Å². The maximum absolute atomic E-state index is 13.4. The molecule has 0 rings (SSSR count). The largest absolute Gasteiger partial charge is 0.444 e. The molecule has 0 radical (unpaired) electrons. The van der Waals surface area contributed by atoms with Gasteiger partial charge in [-0.05, 0) is 55.4 Å². The second kappa shape index (κ2) is 9.76. The van der Waals surface area contributed by atoms with Crippen LogP contribution in [0.4, 0.5) is 4.79 Å². The maximum Gasteiger partial charge on any atom is 0.407 e. The van der Waals surface area contributed by atoms with Gasteiger partial charge in [-0.2, -0.15) is 0 Å². The summed E-state index contributed by atoms with van der Waals surface area (Å²) >= 11 is 0. The Bertz CT molecular complexity index is 429. The van der Waals surface area contributed by atoms with Crippen molar-refractivity contribution in [3.05, 3.63) is 0 Å². The van der Waals surface area contributed by atoms with E-state index >= 15 is 0 Å². The quantitative estimate of drug-likeness (QED) is 0.465. The van der Waals surface area contributed by atoms with Crippen LogP contribution in [-0.4, -0.2) is 49.2 Å². The van der Waals surface area contributed by atoms with Gasteiger partial charge in [0.2, 0.25) is 5.53 Å². The minimum Gasteiger partial charge on any atom is -0.444 e. The van der Waals surface area contributed by atoms with E-state index in [4.69, 9.17) is 18.7 Å². The van der Waals surface area contributed by atoms with Crippen LogP contribution in [0.1, 0.15) is 55.4 Å². The summed E-state index contributed by atoms with van der Waals surface area (Å²) in [6.07, 6.45) is -0.482. The number of alkyl carbamates (subject to hydrolysis) is 1. The SMILES string of the molecule is CCOC(C)(OCC)P(=O)(C[C@@H](C)NC(=O)OC(C)(C)C)OCC. The van der Waals surface area contributed by atoms with Gasteiger partial charge in [-0.3, -0.25) is 4.57 Å². The van der Waals surface area contributed by atoms with Crippen LogP contribution in [0, 0.1) is 0 Å². The lowest BCUT2D eigenvalue weighted by Gasteiger charge is -2.37. The van der Waals surface area contributed by atoms with Crippen LogP contribution in [0.25, 0.3) is 0 Å². The van der Waals surface area contributed by atoms with E-state index in [1.807, 2.05) is 0 Å². The van der Waals surface area contributed by atoms with Crippen molar-refractivity contribution in [2.45, 2.75) is 72.6 Å². The van der Waals surface area contributed by atoms with Crippen LogP contribution in [0.3, 0.4) is 0 Å². The fraction of sp³-hybridized carbons (Fsp3) is 0.938. The smallest absolute Gasteiger partial charge is 0.407 e. The minimum atomic E-state index is -3.35. The van der Waals surface area contributed by atoms with Crippen molar-refractivity contribution in [1.29, 1.82) is 0 Å². The van der Waals surface area contributed by atoms with Gasteiger partial charge >= 0.3 is 6.09 Å². The molecule has 7 nitrogen and oxygen atoms in total. The van der Waals surface area contributed by atoms with Crippen molar-refractivity contribution < 1.29 is 28.1 Å². The van der Waals surface area contributed by atoms with Gasteiger partial charge in [-0.15, -0.1) is 0 Å². The van der Waals surface area contributed by atoms with Crippen molar-refractivity contribution in [3.63, 3.8) is 0 Å². The van der Waals surface area contributed by atoms with Crippen LogP contribution >= 0.6 is 7.37 Å². The number of ether oxygens (including phenoxy) is 3. The molecule has 2 atom stereocenters. The summed E-state index contributed by atoms with van der Waals surface area (Å²) in [7, 11) is -3.35. The molecule has 0 fully saturated rings. The standard InChI is InChI=1S/C16H34NO6P/c1-9-20-16(8,21-10-2)24(19,22-11-3)12-13(4)17-14(18)23-15(5,6)7/h13H,9-12H2,1-8H3,(H,17,18)/t13-,24?/m1/s1. The first-order chi connectivity index (χ1) is 10.9. The number of carbonyl (C=O) groups is 1. The number of hydrogen-bond donors (Lipinski definition) is 1. The Kier molecular flexibility index (Phi) is 9.51. The molecule has 24 heavy (non-hydrogen) atoms. The highest BCUT2D eigenvalue weighted by Gasteiger charge is 2.48. The number of nitrogens with one attached hydrogen (secondary N) is 1. The van der Waals surface area contributed by atoms with Crippen LogP contribution in [0.15, 0.2) is 0 Å². The van der Waals surface area contributed by atoms with E-state index in [1.54, 1.807) is 55.4 Å². The molecule has 0 saturated heterocycles. The summed E-state index contributed by atoms with van der Waals surface area (Å²) in [5.41, 5.74) is -1.95. The first-order valence-corrected chi connectivity index (χ1v) is 10.2. The van der Waals surface area contributed by atoms with Crippen molar-refractivity contribution in [2.75, 3.05) is 26.0 Å². The third kappa shape index (κ3) is 7.51. The molecule has 144 valence electrons. The molecule has 1 amide bonds. The average Bonchev–Trinajstić information content (AvgIpc) is 2.36. The highest BCUT2D eigenvalue weighted by atomic mass is 31.2. The molecular formula is C16H34NO6P.